The second-order valence-electron chi connectivity index (χ2n) is 14.5. The molecular weight excluding hydrogens is 673 g/mol. The molecule has 0 fully saturated rings. The van der Waals surface area contributed by atoms with Gasteiger partial charge in [0.2, 0.25) is 0 Å². The molecule has 0 spiro atoms. The van der Waals surface area contributed by atoms with Gasteiger partial charge in [0.25, 0.3) is 0 Å². The molecule has 0 aliphatic carbocycles. The van der Waals surface area contributed by atoms with Crippen molar-refractivity contribution >= 4 is 17.9 Å². The monoisotopic (exact) mass is 755 g/mol. The Morgan fingerprint density at radius 3 is 1.20 bits per heavy atom. The predicted octanol–water partition coefficient (Wildman–Crippen LogP) is 14.1. The van der Waals surface area contributed by atoms with E-state index in [1.54, 1.807) is 0 Å². The van der Waals surface area contributed by atoms with Crippen LogP contribution in [0.2, 0.25) is 0 Å². The fourth-order valence-corrected chi connectivity index (χ4v) is 5.97. The molecule has 0 saturated heterocycles. The Labute approximate surface area is 332 Å². The molecule has 0 bridgehead atoms. The van der Waals surface area contributed by atoms with Gasteiger partial charge in [-0.25, -0.2) is 0 Å². The minimum absolute atomic E-state index is 0.0947. The number of ether oxygens (including phenoxy) is 3. The van der Waals surface area contributed by atoms with Gasteiger partial charge < -0.3 is 14.2 Å². The highest BCUT2D eigenvalue weighted by Crippen LogP contribution is 2.14. The van der Waals surface area contributed by atoms with Crippen LogP contribution in [0.4, 0.5) is 0 Å². The largest absolute Gasteiger partial charge is 0.462 e. The first-order valence-electron chi connectivity index (χ1n) is 22.3. The van der Waals surface area contributed by atoms with E-state index in [-0.39, 0.29) is 37.5 Å². The topological polar surface area (TPSA) is 78.9 Å². The van der Waals surface area contributed by atoms with E-state index in [4.69, 9.17) is 14.2 Å². The number of rotatable bonds is 39. The first-order chi connectivity index (χ1) is 26.5. The molecule has 0 aliphatic rings. The van der Waals surface area contributed by atoms with E-state index in [1.165, 1.54) is 64.2 Å². The molecule has 0 aromatic heterocycles. The smallest absolute Gasteiger partial charge is 0.306 e. The summed E-state index contributed by atoms with van der Waals surface area (Å²) >= 11 is 0. The Balaban J connectivity index is 4.45. The summed E-state index contributed by atoms with van der Waals surface area (Å²) in [5, 5.41) is 0. The third kappa shape index (κ3) is 40.3. The van der Waals surface area contributed by atoms with Gasteiger partial charge in [-0.1, -0.05) is 178 Å². The van der Waals surface area contributed by atoms with Gasteiger partial charge >= 0.3 is 17.9 Å². The molecule has 54 heavy (non-hydrogen) atoms. The number of hydrogen-bond acceptors (Lipinski definition) is 6. The Hall–Kier alpha value is -2.89. The van der Waals surface area contributed by atoms with Crippen LogP contribution < -0.4 is 0 Å². The van der Waals surface area contributed by atoms with Crippen LogP contribution in [-0.4, -0.2) is 37.2 Å². The highest BCUT2D eigenvalue weighted by atomic mass is 16.6. The van der Waals surface area contributed by atoms with E-state index in [0.717, 1.165) is 96.3 Å². The minimum atomic E-state index is -0.796. The van der Waals surface area contributed by atoms with Gasteiger partial charge in [-0.2, -0.15) is 0 Å². The number of carbonyl (C=O) groups is 3. The molecule has 1 unspecified atom stereocenters. The quantitative estimate of drug-likeness (QED) is 0.0269. The molecule has 0 amide bonds. The van der Waals surface area contributed by atoms with Crippen LogP contribution in [0.1, 0.15) is 207 Å². The van der Waals surface area contributed by atoms with E-state index < -0.39 is 6.10 Å². The average Bonchev–Trinajstić information content (AvgIpc) is 3.17. The fourth-order valence-electron chi connectivity index (χ4n) is 5.97. The van der Waals surface area contributed by atoms with Gasteiger partial charge in [0.15, 0.2) is 6.10 Å². The van der Waals surface area contributed by atoms with Crippen molar-refractivity contribution < 1.29 is 28.6 Å². The van der Waals surface area contributed by atoms with E-state index in [9.17, 15) is 14.4 Å². The maximum absolute atomic E-state index is 12.7. The van der Waals surface area contributed by atoms with Crippen LogP contribution in [0, 0.1) is 0 Å². The number of allylic oxidation sites excluding steroid dienone is 10. The van der Waals surface area contributed by atoms with Crippen molar-refractivity contribution in [3.8, 4) is 0 Å². The summed E-state index contributed by atoms with van der Waals surface area (Å²) in [4.78, 5) is 37.7. The van der Waals surface area contributed by atoms with Crippen molar-refractivity contribution in [2.75, 3.05) is 13.2 Å². The molecular formula is C48H82O6. The maximum Gasteiger partial charge on any atom is 0.306 e. The van der Waals surface area contributed by atoms with E-state index >= 15 is 0 Å². The van der Waals surface area contributed by atoms with Crippen LogP contribution in [-0.2, 0) is 28.6 Å². The van der Waals surface area contributed by atoms with Crippen molar-refractivity contribution in [1.29, 1.82) is 0 Å². The molecule has 0 aromatic carbocycles. The molecule has 0 heterocycles. The molecule has 6 nitrogen and oxygen atoms in total. The predicted molar refractivity (Wildman–Crippen MR) is 228 cm³/mol. The summed E-state index contributed by atoms with van der Waals surface area (Å²) in [6.45, 7) is 6.33. The molecule has 0 saturated carbocycles. The van der Waals surface area contributed by atoms with Crippen molar-refractivity contribution in [1.82, 2.24) is 0 Å². The lowest BCUT2D eigenvalue weighted by molar-refractivity contribution is -0.167. The number of esters is 3. The van der Waals surface area contributed by atoms with Gasteiger partial charge in [0, 0.05) is 19.3 Å². The zero-order valence-electron chi connectivity index (χ0n) is 35.2. The molecule has 310 valence electrons. The second kappa shape index (κ2) is 42.8. The Kier molecular flexibility index (Phi) is 40.6. The highest BCUT2D eigenvalue weighted by Gasteiger charge is 2.19. The lowest BCUT2D eigenvalue weighted by Gasteiger charge is -2.18. The average molecular weight is 755 g/mol. The third-order valence-electron chi connectivity index (χ3n) is 9.27. The van der Waals surface area contributed by atoms with Crippen LogP contribution in [0.25, 0.3) is 0 Å². The normalized spacial score (nSPS) is 12.6. The van der Waals surface area contributed by atoms with Crippen molar-refractivity contribution in [2.45, 2.75) is 213 Å². The molecule has 0 N–H and O–H groups in total. The van der Waals surface area contributed by atoms with Gasteiger partial charge in [0.1, 0.15) is 13.2 Å². The summed E-state index contributed by atoms with van der Waals surface area (Å²) in [5.74, 6) is -0.971. The Bertz CT molecular complexity index is 1010. The lowest BCUT2D eigenvalue weighted by Crippen LogP contribution is -2.30. The van der Waals surface area contributed by atoms with Crippen LogP contribution in [0.3, 0.4) is 0 Å². The first-order valence-corrected chi connectivity index (χ1v) is 22.3. The van der Waals surface area contributed by atoms with E-state index in [2.05, 4.69) is 81.5 Å². The molecule has 0 rings (SSSR count). The lowest BCUT2D eigenvalue weighted by atomic mass is 10.0. The molecule has 0 radical (unpaired) electrons. The van der Waals surface area contributed by atoms with Crippen LogP contribution in [0.15, 0.2) is 60.8 Å². The molecule has 0 aliphatic heterocycles. The van der Waals surface area contributed by atoms with Crippen LogP contribution in [0.5, 0.6) is 0 Å². The van der Waals surface area contributed by atoms with E-state index in [0.29, 0.717) is 19.3 Å². The summed E-state index contributed by atoms with van der Waals surface area (Å²) < 4.78 is 16.6. The Morgan fingerprint density at radius 1 is 0.389 bits per heavy atom. The van der Waals surface area contributed by atoms with Gasteiger partial charge in [0.05, 0.1) is 0 Å². The van der Waals surface area contributed by atoms with Gasteiger partial charge in [-0.3, -0.25) is 14.4 Å². The Morgan fingerprint density at radius 2 is 0.741 bits per heavy atom. The van der Waals surface area contributed by atoms with Gasteiger partial charge in [-0.05, 0) is 70.6 Å². The van der Waals surface area contributed by atoms with Crippen molar-refractivity contribution in [2.24, 2.45) is 0 Å². The molecule has 0 aromatic rings. The minimum Gasteiger partial charge on any atom is -0.462 e. The maximum atomic E-state index is 12.7. The van der Waals surface area contributed by atoms with Gasteiger partial charge in [-0.15, -0.1) is 0 Å². The number of carbonyl (C=O) groups excluding carboxylic acids is 3. The second-order valence-corrected chi connectivity index (χ2v) is 14.5. The summed E-state index contributed by atoms with van der Waals surface area (Å²) in [6.07, 6.45) is 50.7. The number of unbranched alkanes of at least 4 members (excludes halogenated alkanes) is 18. The zero-order chi connectivity index (χ0) is 39.4. The fraction of sp³-hybridized carbons (Fsp3) is 0.729. The third-order valence-corrected chi connectivity index (χ3v) is 9.27. The summed E-state index contributed by atoms with van der Waals surface area (Å²) in [7, 11) is 0. The first kappa shape index (κ1) is 51.1. The summed E-state index contributed by atoms with van der Waals surface area (Å²) in [5.41, 5.74) is 0. The molecule has 1 atom stereocenters. The molecule has 6 heteroatoms. The van der Waals surface area contributed by atoms with E-state index in [1.807, 2.05) is 0 Å². The zero-order valence-corrected chi connectivity index (χ0v) is 35.2. The van der Waals surface area contributed by atoms with Crippen molar-refractivity contribution in [3.05, 3.63) is 60.8 Å². The SMILES string of the molecule is CC/C=C\C/C=C\C/C=C\CCCC(=O)OCC(COC(=O)CCCCCCCCCCCCCCC)OC(=O)CCCCCCC/C=C\C/C=C\CC. The summed E-state index contributed by atoms with van der Waals surface area (Å²) in [6, 6.07) is 0. The standard InChI is InChI=1S/C48H82O6/c1-4-7-10-13-16-19-22-24-27-29-32-35-38-41-47(50)53-44-45(43-52-46(49)40-37-34-31-28-25-21-18-15-12-9-6-3)54-48(51)42-39-36-33-30-26-23-20-17-14-11-8-5-2/h8-9,11-12,17-18,20-21,28,31,45H,4-7,10,13-16,19,22-27,29-30,32-44H2,1-3H3/b11-8-,12-9-,20-17-,21-18-,31-28-. The highest BCUT2D eigenvalue weighted by molar-refractivity contribution is 5.71. The van der Waals surface area contributed by atoms with Crippen LogP contribution >= 0.6 is 0 Å². The van der Waals surface area contributed by atoms with Crippen molar-refractivity contribution in [3.63, 3.8) is 0 Å². The number of hydrogen-bond donors (Lipinski definition) is 0.